The quantitative estimate of drug-likeness (QED) is 0.825. The first-order valence-corrected chi connectivity index (χ1v) is 7.29. The van der Waals surface area contributed by atoms with Gasteiger partial charge in [0.25, 0.3) is 5.91 Å². The second-order valence-electron chi connectivity index (χ2n) is 4.93. The summed E-state index contributed by atoms with van der Waals surface area (Å²) in [5.41, 5.74) is 1.14. The number of hydrogen-bond donors (Lipinski definition) is 2. The van der Waals surface area contributed by atoms with Crippen molar-refractivity contribution < 1.29 is 19.4 Å². The molecule has 2 N–H and O–H groups in total. The van der Waals surface area contributed by atoms with Gasteiger partial charge < -0.3 is 15.2 Å². The molecule has 0 aliphatic rings. The molecule has 0 radical (unpaired) electrons. The van der Waals surface area contributed by atoms with Gasteiger partial charge in [-0.05, 0) is 35.9 Å². The summed E-state index contributed by atoms with van der Waals surface area (Å²) in [5.74, 6) is -0.832. The lowest BCUT2D eigenvalue weighted by molar-refractivity contribution is -0.142. The van der Waals surface area contributed by atoms with Gasteiger partial charge in [0.15, 0.2) is 0 Å². The largest absolute Gasteiger partial charge is 0.508 e. The topological polar surface area (TPSA) is 75.6 Å². The Morgan fingerprint density at radius 1 is 1.22 bits per heavy atom. The van der Waals surface area contributed by atoms with Crippen LogP contribution in [0.2, 0.25) is 5.02 Å². The highest BCUT2D eigenvalue weighted by Crippen LogP contribution is 2.13. The van der Waals surface area contributed by atoms with Crippen molar-refractivity contribution in [3.05, 3.63) is 64.7 Å². The fourth-order valence-corrected chi connectivity index (χ4v) is 2.26. The molecule has 0 saturated heterocycles. The van der Waals surface area contributed by atoms with Crippen molar-refractivity contribution in [1.29, 1.82) is 0 Å². The predicted molar refractivity (Wildman–Crippen MR) is 86.5 cm³/mol. The molecule has 0 aromatic heterocycles. The number of nitrogens with one attached hydrogen (secondary N) is 1. The van der Waals surface area contributed by atoms with E-state index >= 15 is 0 Å². The smallest absolute Gasteiger partial charge is 0.328 e. The highest BCUT2D eigenvalue weighted by molar-refractivity contribution is 6.31. The number of aromatic hydroxyl groups is 1. The fourth-order valence-electron chi connectivity index (χ4n) is 2.07. The lowest BCUT2D eigenvalue weighted by Gasteiger charge is -2.17. The van der Waals surface area contributed by atoms with E-state index in [1.54, 1.807) is 30.3 Å². The van der Waals surface area contributed by atoms with Gasteiger partial charge in [0.05, 0.1) is 7.11 Å². The zero-order valence-electron chi connectivity index (χ0n) is 12.5. The van der Waals surface area contributed by atoms with Crippen LogP contribution in [0.3, 0.4) is 0 Å². The van der Waals surface area contributed by atoms with E-state index in [0.29, 0.717) is 10.6 Å². The molecule has 120 valence electrons. The Labute approximate surface area is 138 Å². The molecular formula is C17H16ClNO4. The van der Waals surface area contributed by atoms with Crippen LogP contribution in [0, 0.1) is 0 Å². The van der Waals surface area contributed by atoms with E-state index in [2.05, 4.69) is 5.32 Å². The first-order chi connectivity index (χ1) is 11.0. The van der Waals surface area contributed by atoms with Crippen LogP contribution in [0.5, 0.6) is 5.75 Å². The van der Waals surface area contributed by atoms with Crippen LogP contribution in [0.4, 0.5) is 0 Å². The fraction of sp³-hybridized carbons (Fsp3) is 0.176. The summed E-state index contributed by atoms with van der Waals surface area (Å²) < 4.78 is 4.74. The van der Waals surface area contributed by atoms with Gasteiger partial charge >= 0.3 is 5.97 Å². The Balaban J connectivity index is 2.13. The number of hydrogen-bond acceptors (Lipinski definition) is 4. The summed E-state index contributed by atoms with van der Waals surface area (Å²) in [6, 6.07) is 12.0. The van der Waals surface area contributed by atoms with Gasteiger partial charge in [0.2, 0.25) is 0 Å². The molecule has 0 unspecified atom stereocenters. The average molecular weight is 334 g/mol. The Morgan fingerprint density at radius 2 is 1.91 bits per heavy atom. The molecular weight excluding hydrogens is 318 g/mol. The summed E-state index contributed by atoms with van der Waals surface area (Å²) in [6.07, 6.45) is 0.249. The molecule has 2 aromatic carbocycles. The molecule has 0 aliphatic heterocycles. The maximum absolute atomic E-state index is 12.3. The molecule has 0 bridgehead atoms. The van der Waals surface area contributed by atoms with Crippen molar-refractivity contribution in [3.63, 3.8) is 0 Å². The Kier molecular flexibility index (Phi) is 5.60. The van der Waals surface area contributed by atoms with Crippen LogP contribution in [-0.4, -0.2) is 30.1 Å². The molecule has 0 aliphatic carbocycles. The van der Waals surface area contributed by atoms with Gasteiger partial charge in [0.1, 0.15) is 11.8 Å². The maximum atomic E-state index is 12.3. The second-order valence-corrected chi connectivity index (χ2v) is 5.37. The van der Waals surface area contributed by atoms with Crippen LogP contribution in [-0.2, 0) is 16.0 Å². The number of carbonyl (C=O) groups is 2. The van der Waals surface area contributed by atoms with Crippen LogP contribution >= 0.6 is 11.6 Å². The van der Waals surface area contributed by atoms with Crippen molar-refractivity contribution in [2.75, 3.05) is 7.11 Å². The molecule has 0 heterocycles. The highest BCUT2D eigenvalue weighted by atomic mass is 35.5. The molecule has 6 heteroatoms. The zero-order chi connectivity index (χ0) is 16.8. The number of phenolic OH excluding ortho intramolecular Hbond substituents is 1. The number of rotatable bonds is 5. The van der Waals surface area contributed by atoms with Gasteiger partial charge in [-0.3, -0.25) is 4.79 Å². The molecule has 1 atom stereocenters. The number of esters is 1. The molecule has 5 nitrogen and oxygen atoms in total. The van der Waals surface area contributed by atoms with Crippen LogP contribution in [0.25, 0.3) is 0 Å². The van der Waals surface area contributed by atoms with E-state index in [9.17, 15) is 14.7 Å². The number of benzene rings is 2. The molecule has 0 saturated carbocycles. The number of methoxy groups -OCH3 is 1. The third-order valence-electron chi connectivity index (χ3n) is 3.25. The minimum Gasteiger partial charge on any atom is -0.508 e. The molecule has 23 heavy (non-hydrogen) atoms. The lowest BCUT2D eigenvalue weighted by atomic mass is 10.1. The van der Waals surface area contributed by atoms with Crippen molar-refractivity contribution in [2.24, 2.45) is 0 Å². The van der Waals surface area contributed by atoms with E-state index in [1.165, 1.54) is 25.3 Å². The zero-order valence-corrected chi connectivity index (χ0v) is 13.2. The van der Waals surface area contributed by atoms with Crippen molar-refractivity contribution in [2.45, 2.75) is 12.5 Å². The Morgan fingerprint density at radius 3 is 2.52 bits per heavy atom. The third kappa shape index (κ3) is 4.72. The molecule has 2 aromatic rings. The Bertz CT molecular complexity index is 700. The molecule has 0 spiro atoms. The van der Waals surface area contributed by atoms with Crippen LogP contribution < -0.4 is 5.32 Å². The van der Waals surface area contributed by atoms with Gasteiger partial charge in [-0.25, -0.2) is 4.79 Å². The normalized spacial score (nSPS) is 11.6. The van der Waals surface area contributed by atoms with Crippen molar-refractivity contribution >= 4 is 23.5 Å². The third-order valence-corrected chi connectivity index (χ3v) is 3.49. The lowest BCUT2D eigenvalue weighted by Crippen LogP contribution is -2.43. The van der Waals surface area contributed by atoms with E-state index in [4.69, 9.17) is 16.3 Å². The SMILES string of the molecule is COC(=O)[C@H](Cc1ccc(O)cc1)NC(=O)c1cccc(Cl)c1. The maximum Gasteiger partial charge on any atom is 0.328 e. The van der Waals surface area contributed by atoms with Gasteiger partial charge in [-0.2, -0.15) is 0 Å². The average Bonchev–Trinajstić information content (AvgIpc) is 2.55. The summed E-state index contributed by atoms with van der Waals surface area (Å²) in [5, 5.41) is 12.4. The standard InChI is InChI=1S/C17H16ClNO4/c1-23-17(22)15(9-11-5-7-14(20)8-6-11)19-16(21)12-3-2-4-13(18)10-12/h2-8,10,15,20H,9H2,1H3,(H,19,21)/t15-/m0/s1. The monoisotopic (exact) mass is 333 g/mol. The molecule has 2 rings (SSSR count). The van der Waals surface area contributed by atoms with E-state index in [0.717, 1.165) is 5.56 Å². The number of halogens is 1. The van der Waals surface area contributed by atoms with Crippen molar-refractivity contribution in [1.82, 2.24) is 5.32 Å². The first-order valence-electron chi connectivity index (χ1n) is 6.92. The summed E-state index contributed by atoms with van der Waals surface area (Å²) in [7, 11) is 1.26. The summed E-state index contributed by atoms with van der Waals surface area (Å²) in [6.45, 7) is 0. The molecule has 0 fully saturated rings. The van der Waals surface area contributed by atoms with Crippen LogP contribution in [0.15, 0.2) is 48.5 Å². The minimum atomic E-state index is -0.837. The number of amides is 1. The Hall–Kier alpha value is -2.53. The van der Waals surface area contributed by atoms with E-state index < -0.39 is 17.9 Å². The van der Waals surface area contributed by atoms with E-state index in [-0.39, 0.29) is 12.2 Å². The van der Waals surface area contributed by atoms with E-state index in [1.807, 2.05) is 0 Å². The number of phenols is 1. The summed E-state index contributed by atoms with van der Waals surface area (Å²) >= 11 is 5.86. The summed E-state index contributed by atoms with van der Waals surface area (Å²) in [4.78, 5) is 24.2. The highest BCUT2D eigenvalue weighted by Gasteiger charge is 2.22. The molecule has 1 amide bonds. The number of ether oxygens (including phenoxy) is 1. The van der Waals surface area contributed by atoms with Gasteiger partial charge in [0, 0.05) is 17.0 Å². The number of carbonyl (C=O) groups excluding carboxylic acids is 2. The first kappa shape index (κ1) is 16.8. The van der Waals surface area contributed by atoms with Gasteiger partial charge in [-0.15, -0.1) is 0 Å². The predicted octanol–water partition coefficient (Wildman–Crippen LogP) is 2.56. The minimum absolute atomic E-state index is 0.131. The van der Waals surface area contributed by atoms with Crippen LogP contribution in [0.1, 0.15) is 15.9 Å². The van der Waals surface area contributed by atoms with Gasteiger partial charge in [-0.1, -0.05) is 29.8 Å². The van der Waals surface area contributed by atoms with Crippen molar-refractivity contribution in [3.8, 4) is 5.75 Å². The second kappa shape index (κ2) is 7.65.